The first kappa shape index (κ1) is 22.7. The molecule has 3 rings (SSSR count). The Morgan fingerprint density at radius 1 is 1.07 bits per heavy atom. The maximum Gasteiger partial charge on any atom is 0.253 e. The minimum Gasteiger partial charge on any atom is -0.352 e. The lowest BCUT2D eigenvalue weighted by Crippen LogP contribution is -2.49. The predicted molar refractivity (Wildman–Crippen MR) is 114 cm³/mol. The summed E-state index contributed by atoms with van der Waals surface area (Å²) in [6, 6.07) is 7.86. The molecule has 0 heterocycles. The SMILES string of the molecule is CCN(CC)C(=O)c1ccc(CNC(=O)C2CC3CCCC(C2)C3N)cc1.Cl. The summed E-state index contributed by atoms with van der Waals surface area (Å²) < 4.78 is 0. The molecule has 2 fully saturated rings. The van der Waals surface area contributed by atoms with Crippen LogP contribution in [0.3, 0.4) is 0 Å². The molecule has 0 radical (unpaired) electrons. The van der Waals surface area contributed by atoms with Crippen molar-refractivity contribution >= 4 is 24.2 Å². The van der Waals surface area contributed by atoms with Crippen molar-refractivity contribution in [2.75, 3.05) is 13.1 Å². The molecule has 3 N–H and O–H groups in total. The van der Waals surface area contributed by atoms with Gasteiger partial charge in [-0.2, -0.15) is 0 Å². The summed E-state index contributed by atoms with van der Waals surface area (Å²) in [5, 5.41) is 3.09. The third-order valence-electron chi connectivity index (χ3n) is 6.50. The van der Waals surface area contributed by atoms with Gasteiger partial charge in [-0.25, -0.2) is 0 Å². The Hall–Kier alpha value is -1.59. The smallest absolute Gasteiger partial charge is 0.253 e. The molecule has 2 aliphatic carbocycles. The van der Waals surface area contributed by atoms with Gasteiger partial charge in [-0.1, -0.05) is 18.6 Å². The predicted octanol–water partition coefficient (Wildman–Crippen LogP) is 3.36. The number of nitrogens with two attached hydrogens (primary N) is 1. The molecule has 2 aliphatic rings. The van der Waals surface area contributed by atoms with E-state index in [1.54, 1.807) is 4.90 Å². The van der Waals surface area contributed by atoms with E-state index in [0.717, 1.165) is 18.4 Å². The van der Waals surface area contributed by atoms with Gasteiger partial charge < -0.3 is 16.0 Å². The molecule has 2 unspecified atom stereocenters. The van der Waals surface area contributed by atoms with Crippen molar-refractivity contribution in [3.63, 3.8) is 0 Å². The third kappa shape index (κ3) is 5.06. The second-order valence-electron chi connectivity index (χ2n) is 8.09. The van der Waals surface area contributed by atoms with Gasteiger partial charge in [-0.3, -0.25) is 9.59 Å². The summed E-state index contributed by atoms with van der Waals surface area (Å²) in [5.41, 5.74) is 8.05. The number of hydrogen-bond donors (Lipinski definition) is 2. The second kappa shape index (κ2) is 10.3. The van der Waals surface area contributed by atoms with Crippen molar-refractivity contribution in [3.8, 4) is 0 Å². The largest absolute Gasteiger partial charge is 0.352 e. The van der Waals surface area contributed by atoms with Crippen LogP contribution in [-0.4, -0.2) is 35.8 Å². The minimum absolute atomic E-state index is 0. The molecule has 0 spiro atoms. The highest BCUT2D eigenvalue weighted by Gasteiger charge is 2.40. The normalized spacial score (nSPS) is 26.1. The lowest BCUT2D eigenvalue weighted by Gasteiger charge is -2.43. The number of nitrogens with one attached hydrogen (secondary N) is 1. The van der Waals surface area contributed by atoms with Crippen molar-refractivity contribution < 1.29 is 9.59 Å². The van der Waals surface area contributed by atoms with E-state index in [1.807, 2.05) is 38.1 Å². The maximum atomic E-state index is 12.6. The first-order valence-corrected chi connectivity index (χ1v) is 10.4. The number of hydrogen-bond acceptors (Lipinski definition) is 3. The van der Waals surface area contributed by atoms with E-state index in [-0.39, 0.29) is 30.1 Å². The summed E-state index contributed by atoms with van der Waals surface area (Å²) in [4.78, 5) is 26.8. The van der Waals surface area contributed by atoms with Crippen molar-refractivity contribution in [2.24, 2.45) is 23.5 Å². The van der Waals surface area contributed by atoms with Crippen LogP contribution in [0.1, 0.15) is 61.9 Å². The molecule has 28 heavy (non-hydrogen) atoms. The van der Waals surface area contributed by atoms with Crippen LogP contribution in [0.25, 0.3) is 0 Å². The molecule has 1 aromatic carbocycles. The third-order valence-corrected chi connectivity index (χ3v) is 6.50. The van der Waals surface area contributed by atoms with Gasteiger partial charge in [0.2, 0.25) is 5.91 Å². The molecule has 0 aromatic heterocycles. The number of rotatable bonds is 6. The molecule has 2 atom stereocenters. The summed E-state index contributed by atoms with van der Waals surface area (Å²) in [5.74, 6) is 1.34. The molecule has 156 valence electrons. The number of carbonyl (C=O) groups is 2. The van der Waals surface area contributed by atoms with E-state index in [4.69, 9.17) is 5.73 Å². The average molecular weight is 408 g/mol. The highest BCUT2D eigenvalue weighted by atomic mass is 35.5. The molecule has 0 saturated heterocycles. The molecule has 6 heteroatoms. The van der Waals surface area contributed by atoms with E-state index >= 15 is 0 Å². The van der Waals surface area contributed by atoms with E-state index in [9.17, 15) is 9.59 Å². The molecule has 0 aliphatic heterocycles. The monoisotopic (exact) mass is 407 g/mol. The maximum absolute atomic E-state index is 12.6. The summed E-state index contributed by atoms with van der Waals surface area (Å²) in [6.07, 6.45) is 5.46. The van der Waals surface area contributed by atoms with Crippen LogP contribution in [0.15, 0.2) is 24.3 Å². The Labute approximate surface area is 174 Å². The molecule has 2 saturated carbocycles. The zero-order chi connectivity index (χ0) is 19.4. The second-order valence-corrected chi connectivity index (χ2v) is 8.09. The van der Waals surface area contributed by atoms with Crippen molar-refractivity contribution in [3.05, 3.63) is 35.4 Å². The van der Waals surface area contributed by atoms with Gasteiger partial charge >= 0.3 is 0 Å². The van der Waals surface area contributed by atoms with Gasteiger partial charge in [0.1, 0.15) is 0 Å². The van der Waals surface area contributed by atoms with Gasteiger partial charge in [-0.15, -0.1) is 12.4 Å². The van der Waals surface area contributed by atoms with Crippen LogP contribution < -0.4 is 11.1 Å². The van der Waals surface area contributed by atoms with Gasteiger partial charge in [0.15, 0.2) is 0 Å². The van der Waals surface area contributed by atoms with Gasteiger partial charge in [0.05, 0.1) is 0 Å². The van der Waals surface area contributed by atoms with Crippen molar-refractivity contribution in [1.29, 1.82) is 0 Å². The van der Waals surface area contributed by atoms with Crippen molar-refractivity contribution in [2.45, 2.75) is 58.5 Å². The standard InChI is InChI=1S/C22H33N3O2.ClH/c1-3-25(4-2)22(27)16-10-8-15(9-11-16)14-24-21(26)19-12-17-6-5-7-18(13-19)20(17)23;/h8-11,17-20H,3-7,12-14,23H2,1-2H3,(H,24,26);1H. The Balaban J connectivity index is 0.00000280. The van der Waals surface area contributed by atoms with Crippen LogP contribution in [0.4, 0.5) is 0 Å². The highest BCUT2D eigenvalue weighted by molar-refractivity contribution is 5.94. The lowest BCUT2D eigenvalue weighted by atomic mass is 9.65. The topological polar surface area (TPSA) is 75.4 Å². The van der Waals surface area contributed by atoms with Crippen LogP contribution in [0.2, 0.25) is 0 Å². The Morgan fingerprint density at radius 3 is 2.18 bits per heavy atom. The summed E-state index contributed by atoms with van der Waals surface area (Å²) in [6.45, 7) is 5.89. The highest BCUT2D eigenvalue weighted by Crippen LogP contribution is 2.41. The molecular weight excluding hydrogens is 374 g/mol. The average Bonchev–Trinajstić information content (AvgIpc) is 2.67. The zero-order valence-corrected chi connectivity index (χ0v) is 17.8. The van der Waals surface area contributed by atoms with E-state index < -0.39 is 0 Å². The zero-order valence-electron chi connectivity index (χ0n) is 17.0. The molecular formula is C22H34ClN3O2. The summed E-state index contributed by atoms with van der Waals surface area (Å²) >= 11 is 0. The fourth-order valence-electron chi connectivity index (χ4n) is 4.80. The van der Waals surface area contributed by atoms with Crippen LogP contribution in [0, 0.1) is 17.8 Å². The van der Waals surface area contributed by atoms with Crippen molar-refractivity contribution in [1.82, 2.24) is 10.2 Å². The number of fused-ring (bicyclic) bond motifs is 2. The number of nitrogens with zero attached hydrogens (tertiary/aromatic N) is 1. The summed E-state index contributed by atoms with van der Waals surface area (Å²) in [7, 11) is 0. The van der Waals surface area contributed by atoms with Crippen LogP contribution in [0.5, 0.6) is 0 Å². The quantitative estimate of drug-likeness (QED) is 0.759. The Morgan fingerprint density at radius 2 is 1.64 bits per heavy atom. The fourth-order valence-corrected chi connectivity index (χ4v) is 4.80. The number of halogens is 1. The fraction of sp³-hybridized carbons (Fsp3) is 0.636. The molecule has 2 amide bonds. The minimum atomic E-state index is 0. The first-order valence-electron chi connectivity index (χ1n) is 10.4. The molecule has 5 nitrogen and oxygen atoms in total. The number of amides is 2. The van der Waals surface area contributed by atoms with E-state index in [2.05, 4.69) is 5.32 Å². The first-order chi connectivity index (χ1) is 13.0. The van der Waals surface area contributed by atoms with E-state index in [1.165, 1.54) is 19.3 Å². The molecule has 2 bridgehead atoms. The van der Waals surface area contributed by atoms with E-state index in [0.29, 0.717) is 43.1 Å². The van der Waals surface area contributed by atoms with Crippen LogP contribution >= 0.6 is 12.4 Å². The Bertz CT molecular complexity index is 646. The van der Waals surface area contributed by atoms with Gasteiger partial charge in [0, 0.05) is 37.2 Å². The number of carbonyl (C=O) groups excluding carboxylic acids is 2. The molecule has 1 aromatic rings. The lowest BCUT2D eigenvalue weighted by molar-refractivity contribution is -0.128. The van der Waals surface area contributed by atoms with Crippen LogP contribution in [-0.2, 0) is 11.3 Å². The van der Waals surface area contributed by atoms with Gasteiger partial charge in [0.25, 0.3) is 5.91 Å². The Kier molecular flexibility index (Phi) is 8.32. The van der Waals surface area contributed by atoms with Gasteiger partial charge in [-0.05, 0) is 69.1 Å². The number of benzene rings is 1.